The first-order valence-corrected chi connectivity index (χ1v) is 17.9. The van der Waals surface area contributed by atoms with Crippen LogP contribution < -0.4 is 0 Å². The van der Waals surface area contributed by atoms with Crippen molar-refractivity contribution >= 4 is 54.5 Å². The molecule has 0 aliphatic heterocycles. The molecule has 8 aromatic carbocycles. The Labute approximate surface area is 318 Å². The molecule has 0 atom stereocenters. The van der Waals surface area contributed by atoms with Gasteiger partial charge in [-0.15, -0.1) is 0 Å². The predicted octanol–water partition coefficient (Wildman–Crippen LogP) is 12.8. The lowest BCUT2D eigenvalue weighted by molar-refractivity contribution is 1.01. The van der Waals surface area contributed by atoms with E-state index in [9.17, 15) is 0 Å². The molecule has 0 saturated carbocycles. The summed E-state index contributed by atoms with van der Waals surface area (Å²) in [7, 11) is 0. The maximum Gasteiger partial charge on any atom is 0.235 e. The third-order valence-corrected chi connectivity index (χ3v) is 10.4. The summed E-state index contributed by atoms with van der Waals surface area (Å²) in [5, 5.41) is 5.46. The zero-order valence-corrected chi connectivity index (χ0v) is 28.9. The number of fused-ring (bicyclic) bond motifs is 7. The Morgan fingerprint density at radius 3 is 1.57 bits per heavy atom. The van der Waals surface area contributed by atoms with E-state index < -0.39 is 6.04 Å². The fourth-order valence-electron chi connectivity index (χ4n) is 7.95. The lowest BCUT2D eigenvalue weighted by Gasteiger charge is -2.12. The minimum Gasteiger partial charge on any atom is -0.309 e. The molecule has 0 N–H and O–H groups in total. The van der Waals surface area contributed by atoms with E-state index in [2.05, 4.69) is 112 Å². The van der Waals surface area contributed by atoms with E-state index in [1.807, 2.05) is 48.5 Å². The van der Waals surface area contributed by atoms with Crippen molar-refractivity contribution in [2.75, 3.05) is 0 Å². The van der Waals surface area contributed by atoms with Crippen LogP contribution in [-0.2, 0) is 0 Å². The fraction of sp³-hybridized carbons (Fsp3) is 0. The molecule has 252 valence electrons. The number of nitrogens with zero attached hydrogens (tertiary/aromatic N) is 4. The van der Waals surface area contributed by atoms with Gasteiger partial charge in [0.15, 0.2) is 0 Å². The fourth-order valence-corrected chi connectivity index (χ4v) is 7.95. The summed E-state index contributed by atoms with van der Waals surface area (Å²) < 4.78 is 45.8. The van der Waals surface area contributed by atoms with Gasteiger partial charge in [-0.1, -0.05) is 139 Å². The van der Waals surface area contributed by atoms with E-state index in [1.165, 1.54) is 16.3 Å². The van der Waals surface area contributed by atoms with Crippen molar-refractivity contribution < 1.29 is 6.85 Å². The molecule has 0 spiro atoms. The molecular weight excluding hydrogens is 657 g/mol. The molecule has 54 heavy (non-hydrogen) atoms. The van der Waals surface area contributed by atoms with E-state index in [1.54, 1.807) is 12.1 Å². The molecule has 11 aromatic rings. The molecule has 0 aliphatic rings. The van der Waals surface area contributed by atoms with Crippen LogP contribution in [-0.4, -0.2) is 19.1 Å². The van der Waals surface area contributed by atoms with Crippen LogP contribution in [0.1, 0.15) is 6.85 Å². The van der Waals surface area contributed by atoms with Crippen LogP contribution in [0.25, 0.3) is 99.7 Å². The first-order chi connectivity index (χ1) is 28.9. The van der Waals surface area contributed by atoms with Crippen molar-refractivity contribution in [2.45, 2.75) is 0 Å². The number of para-hydroxylation sites is 4. The summed E-state index contributed by atoms with van der Waals surface area (Å²) in [5.41, 5.74) is 10.7. The Morgan fingerprint density at radius 2 is 0.889 bits per heavy atom. The molecule has 0 saturated heterocycles. The maximum atomic E-state index is 8.50. The largest absolute Gasteiger partial charge is 0.309 e. The molecule has 0 aliphatic carbocycles. The van der Waals surface area contributed by atoms with Crippen molar-refractivity contribution in [1.82, 2.24) is 19.1 Å². The number of benzene rings is 8. The average molecular weight is 694 g/mol. The molecule has 0 unspecified atom stereocenters. The summed E-state index contributed by atoms with van der Waals surface area (Å²) in [6.07, 6.45) is 0. The van der Waals surface area contributed by atoms with Crippen LogP contribution in [0, 0.1) is 0 Å². The Hall–Kier alpha value is -7.30. The zero-order valence-electron chi connectivity index (χ0n) is 33.9. The average Bonchev–Trinajstić information content (AvgIpc) is 3.80. The second-order valence-electron chi connectivity index (χ2n) is 13.5. The second-order valence-corrected chi connectivity index (χ2v) is 13.5. The van der Waals surface area contributed by atoms with Crippen LogP contribution in [0.4, 0.5) is 0 Å². The normalized spacial score (nSPS) is 13.0. The zero-order chi connectivity index (χ0) is 39.9. The highest BCUT2D eigenvalue weighted by molar-refractivity contribution is 6.12. The summed E-state index contributed by atoms with van der Waals surface area (Å²) in [5.74, 6) is 0.530. The first kappa shape index (κ1) is 25.6. The Bertz CT molecular complexity index is 3470. The quantitative estimate of drug-likeness (QED) is 0.180. The Kier molecular flexibility index (Phi) is 5.76. The number of hydrogen-bond acceptors (Lipinski definition) is 2. The van der Waals surface area contributed by atoms with Gasteiger partial charge in [-0.3, -0.25) is 4.57 Å². The lowest BCUT2D eigenvalue weighted by Crippen LogP contribution is -2.03. The minimum atomic E-state index is -0.411. The van der Waals surface area contributed by atoms with Crippen LogP contribution in [0.15, 0.2) is 194 Å². The number of rotatable bonds is 5. The summed E-state index contributed by atoms with van der Waals surface area (Å²) in [6, 6.07) is 54.5. The molecule has 0 fully saturated rings. The topological polar surface area (TPSA) is 35.6 Å². The third kappa shape index (κ3) is 4.78. The van der Waals surface area contributed by atoms with Crippen molar-refractivity contribution in [1.29, 1.82) is 0 Å². The van der Waals surface area contributed by atoms with Gasteiger partial charge in [0.25, 0.3) is 0 Å². The Morgan fingerprint density at radius 1 is 0.370 bits per heavy atom. The maximum absolute atomic E-state index is 8.50. The van der Waals surface area contributed by atoms with Crippen LogP contribution in [0.5, 0.6) is 0 Å². The van der Waals surface area contributed by atoms with Crippen molar-refractivity contribution in [3.8, 4) is 45.1 Å². The van der Waals surface area contributed by atoms with Crippen LogP contribution in [0.2, 0.25) is 0 Å². The van der Waals surface area contributed by atoms with Crippen LogP contribution >= 0.6 is 0 Å². The van der Waals surface area contributed by atoms with E-state index in [0.29, 0.717) is 11.5 Å². The van der Waals surface area contributed by atoms with Gasteiger partial charge in [0, 0.05) is 38.2 Å². The molecule has 0 bridgehead atoms. The van der Waals surface area contributed by atoms with Gasteiger partial charge in [-0.2, -0.15) is 0 Å². The van der Waals surface area contributed by atoms with Gasteiger partial charge >= 0.3 is 0 Å². The van der Waals surface area contributed by atoms with Gasteiger partial charge in [0.2, 0.25) is 5.95 Å². The molecule has 0 radical (unpaired) electrons. The van der Waals surface area contributed by atoms with Gasteiger partial charge < -0.3 is 4.57 Å². The molecule has 4 heteroatoms. The minimum absolute atomic E-state index is 0.166. The van der Waals surface area contributed by atoms with Crippen molar-refractivity contribution in [3.05, 3.63) is 194 Å². The molecular formula is C50H32N4. The highest BCUT2D eigenvalue weighted by atomic mass is 15.2. The summed E-state index contributed by atoms with van der Waals surface area (Å²) in [4.78, 5) is 10.4. The highest BCUT2D eigenvalue weighted by Crippen LogP contribution is 2.39. The van der Waals surface area contributed by atoms with Crippen molar-refractivity contribution in [3.63, 3.8) is 0 Å². The van der Waals surface area contributed by atoms with Crippen LogP contribution in [0.3, 0.4) is 0 Å². The summed E-state index contributed by atoms with van der Waals surface area (Å²) >= 11 is 0. The SMILES string of the molecule is [2H]c1c([2H])c([2H])c(-c2ccc(-c3nc(-n4c5ccccc5c5cc(-c6ccc7c(c6)c6ccccc6n7-c6ccccc6)ccc54)nc4ccccc34)cc2)c([2H])c1[2H]. The van der Waals surface area contributed by atoms with E-state index >= 15 is 0 Å². The van der Waals surface area contributed by atoms with Gasteiger partial charge in [0.1, 0.15) is 0 Å². The van der Waals surface area contributed by atoms with Crippen molar-refractivity contribution in [2.24, 2.45) is 0 Å². The van der Waals surface area contributed by atoms with E-state index in [0.717, 1.165) is 66.3 Å². The molecule has 11 rings (SSSR count). The Balaban J connectivity index is 1.06. The standard InChI is InChI=1S/C50H32N4/c1-3-13-33(14-4-1)34-23-25-35(26-24-34)49-41-19-7-10-20-44(41)51-50(52-49)54-46-22-12-9-18-40(46)43-32-37(28-30-48(43)54)36-27-29-47-42(31-36)39-17-8-11-21-45(39)53(47)38-15-5-2-6-16-38/h1-32H/i1D,3D,4D,13D,14D. The number of hydrogen-bond donors (Lipinski definition) is 0. The smallest absolute Gasteiger partial charge is 0.235 e. The lowest BCUT2D eigenvalue weighted by atomic mass is 10.0. The molecule has 3 heterocycles. The number of aromatic nitrogens is 4. The highest BCUT2D eigenvalue weighted by Gasteiger charge is 2.19. The molecule has 0 amide bonds. The van der Waals surface area contributed by atoms with E-state index in [-0.39, 0.29) is 29.7 Å². The third-order valence-electron chi connectivity index (χ3n) is 10.4. The monoisotopic (exact) mass is 693 g/mol. The van der Waals surface area contributed by atoms with Gasteiger partial charge in [-0.25, -0.2) is 9.97 Å². The van der Waals surface area contributed by atoms with Gasteiger partial charge in [-0.05, 0) is 76.9 Å². The summed E-state index contributed by atoms with van der Waals surface area (Å²) in [6.45, 7) is 0. The predicted molar refractivity (Wildman–Crippen MR) is 225 cm³/mol. The first-order valence-electron chi connectivity index (χ1n) is 20.4. The van der Waals surface area contributed by atoms with Gasteiger partial charge in [0.05, 0.1) is 40.1 Å². The van der Waals surface area contributed by atoms with E-state index in [4.69, 9.17) is 16.8 Å². The molecule has 4 nitrogen and oxygen atoms in total. The molecule has 3 aromatic heterocycles. The second kappa shape index (κ2) is 12.1.